The molecule has 152 valence electrons. The Morgan fingerprint density at radius 1 is 1.00 bits per heavy atom. The molecule has 3 aromatic rings. The molecule has 8 heteroatoms. The molecule has 0 radical (unpaired) electrons. The van der Waals surface area contributed by atoms with E-state index in [4.69, 9.17) is 9.47 Å². The van der Waals surface area contributed by atoms with Gasteiger partial charge >= 0.3 is 0 Å². The maximum Gasteiger partial charge on any atom is 0.234 e. The first-order valence-corrected chi connectivity index (χ1v) is 10.2. The third kappa shape index (κ3) is 5.51. The van der Waals surface area contributed by atoms with E-state index in [0.29, 0.717) is 6.42 Å². The van der Waals surface area contributed by atoms with E-state index in [2.05, 4.69) is 15.5 Å². The first-order chi connectivity index (χ1) is 14.1. The number of ether oxygens (including phenoxy) is 2. The van der Waals surface area contributed by atoms with Crippen molar-refractivity contribution in [2.75, 3.05) is 25.3 Å². The number of methoxy groups -OCH3 is 2. The zero-order valence-electron chi connectivity index (χ0n) is 16.7. The fourth-order valence-corrected chi connectivity index (χ4v) is 3.62. The van der Waals surface area contributed by atoms with Gasteiger partial charge in [-0.15, -0.1) is 10.2 Å². The molecule has 1 aromatic heterocycles. The Labute approximate surface area is 174 Å². The molecule has 29 heavy (non-hydrogen) atoms. The molecule has 2 aromatic carbocycles. The van der Waals surface area contributed by atoms with Crippen molar-refractivity contribution in [2.45, 2.75) is 25.0 Å². The minimum absolute atomic E-state index is 0.0949. The van der Waals surface area contributed by atoms with Gasteiger partial charge in [0.2, 0.25) is 5.91 Å². The smallest absolute Gasteiger partial charge is 0.234 e. The van der Waals surface area contributed by atoms with Crippen molar-refractivity contribution < 1.29 is 14.3 Å². The Morgan fingerprint density at radius 3 is 2.21 bits per heavy atom. The third-order valence-electron chi connectivity index (χ3n) is 4.34. The predicted octanol–water partition coefficient (Wildman–Crippen LogP) is 3.64. The van der Waals surface area contributed by atoms with Crippen LogP contribution >= 0.6 is 11.8 Å². The lowest BCUT2D eigenvalue weighted by atomic mass is 10.1. The van der Waals surface area contributed by atoms with E-state index < -0.39 is 0 Å². The fraction of sp³-hybridized carbons (Fsp3) is 0.286. The maximum atomic E-state index is 12.3. The largest absolute Gasteiger partial charge is 0.497 e. The summed E-state index contributed by atoms with van der Waals surface area (Å²) < 4.78 is 12.4. The standard InChI is InChI=1S/C21H24N4O3S/c1-4-25-19(13-15-5-9-17(27-2)10-6-15)23-24-21(25)29-14-20(26)22-16-7-11-18(28-3)12-8-16/h5-12H,4,13-14H2,1-3H3,(H,22,26). The molecule has 0 aliphatic rings. The monoisotopic (exact) mass is 412 g/mol. The van der Waals surface area contributed by atoms with Crippen LogP contribution < -0.4 is 14.8 Å². The molecule has 0 saturated carbocycles. The second-order valence-electron chi connectivity index (χ2n) is 6.23. The van der Waals surface area contributed by atoms with Crippen molar-refractivity contribution in [3.05, 3.63) is 59.9 Å². The molecule has 0 bridgehead atoms. The Morgan fingerprint density at radius 2 is 1.62 bits per heavy atom. The van der Waals surface area contributed by atoms with Gasteiger partial charge in [-0.25, -0.2) is 0 Å². The molecule has 0 aliphatic carbocycles. The highest BCUT2D eigenvalue weighted by atomic mass is 32.2. The van der Waals surface area contributed by atoms with Crippen LogP contribution in [0.1, 0.15) is 18.3 Å². The van der Waals surface area contributed by atoms with Crippen LogP contribution in [0.2, 0.25) is 0 Å². The number of anilines is 1. The van der Waals surface area contributed by atoms with Crippen LogP contribution in [-0.2, 0) is 17.8 Å². The molecular weight excluding hydrogens is 388 g/mol. The summed E-state index contributed by atoms with van der Waals surface area (Å²) >= 11 is 1.38. The van der Waals surface area contributed by atoms with Gasteiger partial charge in [0.15, 0.2) is 5.16 Å². The Bertz CT molecular complexity index is 940. The van der Waals surface area contributed by atoms with Gasteiger partial charge in [0, 0.05) is 18.7 Å². The Balaban J connectivity index is 1.59. The predicted molar refractivity (Wildman–Crippen MR) is 114 cm³/mol. The van der Waals surface area contributed by atoms with E-state index >= 15 is 0 Å². The molecule has 1 amide bonds. The topological polar surface area (TPSA) is 78.3 Å². The zero-order chi connectivity index (χ0) is 20.6. The summed E-state index contributed by atoms with van der Waals surface area (Å²) in [6.45, 7) is 2.78. The van der Waals surface area contributed by atoms with Crippen molar-refractivity contribution in [1.29, 1.82) is 0 Å². The summed E-state index contributed by atoms with van der Waals surface area (Å²) in [6.07, 6.45) is 0.670. The maximum absolute atomic E-state index is 12.3. The summed E-state index contributed by atoms with van der Waals surface area (Å²) in [7, 11) is 3.26. The van der Waals surface area contributed by atoms with Crippen LogP contribution in [0.25, 0.3) is 0 Å². The minimum atomic E-state index is -0.0949. The zero-order valence-corrected chi connectivity index (χ0v) is 17.5. The Kier molecular flexibility index (Phi) is 7.13. The highest BCUT2D eigenvalue weighted by molar-refractivity contribution is 7.99. The van der Waals surface area contributed by atoms with Gasteiger partial charge in [0.25, 0.3) is 0 Å². The van der Waals surface area contributed by atoms with E-state index in [0.717, 1.165) is 40.3 Å². The molecule has 1 heterocycles. The van der Waals surface area contributed by atoms with Crippen molar-refractivity contribution in [3.63, 3.8) is 0 Å². The van der Waals surface area contributed by atoms with Gasteiger partial charge in [0.05, 0.1) is 20.0 Å². The minimum Gasteiger partial charge on any atom is -0.497 e. The third-order valence-corrected chi connectivity index (χ3v) is 5.30. The normalized spacial score (nSPS) is 10.6. The van der Waals surface area contributed by atoms with Gasteiger partial charge in [-0.05, 0) is 48.9 Å². The molecular formula is C21H24N4O3S. The molecule has 7 nitrogen and oxygen atoms in total. The van der Waals surface area contributed by atoms with Gasteiger partial charge in [-0.2, -0.15) is 0 Å². The van der Waals surface area contributed by atoms with Crippen LogP contribution in [0.5, 0.6) is 11.5 Å². The van der Waals surface area contributed by atoms with Crippen molar-refractivity contribution in [3.8, 4) is 11.5 Å². The lowest BCUT2D eigenvalue weighted by molar-refractivity contribution is -0.113. The van der Waals surface area contributed by atoms with Crippen LogP contribution in [-0.4, -0.2) is 40.6 Å². The summed E-state index contributed by atoms with van der Waals surface area (Å²) in [5.74, 6) is 2.60. The average molecular weight is 413 g/mol. The highest BCUT2D eigenvalue weighted by Crippen LogP contribution is 2.21. The van der Waals surface area contributed by atoms with Gasteiger partial charge < -0.3 is 19.4 Å². The lowest BCUT2D eigenvalue weighted by Crippen LogP contribution is -2.14. The lowest BCUT2D eigenvalue weighted by Gasteiger charge is -2.08. The highest BCUT2D eigenvalue weighted by Gasteiger charge is 2.14. The Hall–Kier alpha value is -3.00. The SMILES string of the molecule is CCn1c(Cc2ccc(OC)cc2)nnc1SCC(=O)Nc1ccc(OC)cc1. The number of aromatic nitrogens is 3. The number of amides is 1. The van der Waals surface area contributed by atoms with E-state index in [9.17, 15) is 4.79 Å². The van der Waals surface area contributed by atoms with Crippen LogP contribution in [0.4, 0.5) is 5.69 Å². The summed E-state index contributed by atoms with van der Waals surface area (Å²) in [6, 6.07) is 15.1. The van der Waals surface area contributed by atoms with E-state index in [1.165, 1.54) is 11.8 Å². The number of carbonyl (C=O) groups is 1. The molecule has 0 unspecified atom stereocenters. The number of benzene rings is 2. The van der Waals surface area contributed by atoms with Crippen LogP contribution in [0.3, 0.4) is 0 Å². The fourth-order valence-electron chi connectivity index (χ4n) is 2.80. The quantitative estimate of drug-likeness (QED) is 0.541. The second kappa shape index (κ2) is 9.97. The molecule has 3 rings (SSSR count). The molecule has 0 aliphatic heterocycles. The van der Waals surface area contributed by atoms with E-state index in [1.807, 2.05) is 60.0 Å². The van der Waals surface area contributed by atoms with Crippen molar-refractivity contribution in [1.82, 2.24) is 14.8 Å². The van der Waals surface area contributed by atoms with Crippen LogP contribution in [0.15, 0.2) is 53.7 Å². The number of thioether (sulfide) groups is 1. The number of hydrogen-bond acceptors (Lipinski definition) is 6. The first kappa shape index (κ1) is 20.7. The molecule has 1 N–H and O–H groups in total. The molecule has 0 atom stereocenters. The van der Waals surface area contributed by atoms with Gasteiger partial charge in [-0.3, -0.25) is 4.79 Å². The van der Waals surface area contributed by atoms with Crippen molar-refractivity contribution >= 4 is 23.4 Å². The number of carbonyl (C=O) groups excluding carboxylic acids is 1. The number of rotatable bonds is 9. The van der Waals surface area contributed by atoms with Crippen LogP contribution in [0, 0.1) is 0 Å². The van der Waals surface area contributed by atoms with E-state index in [1.54, 1.807) is 14.2 Å². The van der Waals surface area contributed by atoms with Gasteiger partial charge in [0.1, 0.15) is 17.3 Å². The number of nitrogens with zero attached hydrogens (tertiary/aromatic N) is 3. The van der Waals surface area contributed by atoms with E-state index in [-0.39, 0.29) is 11.7 Å². The summed E-state index contributed by atoms with van der Waals surface area (Å²) in [5.41, 5.74) is 1.86. The number of nitrogens with one attached hydrogen (secondary N) is 1. The second-order valence-corrected chi connectivity index (χ2v) is 7.18. The summed E-state index contributed by atoms with van der Waals surface area (Å²) in [5, 5.41) is 12.2. The van der Waals surface area contributed by atoms with Crippen molar-refractivity contribution in [2.24, 2.45) is 0 Å². The average Bonchev–Trinajstić information content (AvgIpc) is 3.14. The molecule has 0 spiro atoms. The molecule has 0 fully saturated rings. The van der Waals surface area contributed by atoms with Gasteiger partial charge in [-0.1, -0.05) is 23.9 Å². The first-order valence-electron chi connectivity index (χ1n) is 9.24. The molecule has 0 saturated heterocycles. The number of hydrogen-bond donors (Lipinski definition) is 1. The summed E-state index contributed by atoms with van der Waals surface area (Å²) in [4.78, 5) is 12.3.